The van der Waals surface area contributed by atoms with Gasteiger partial charge < -0.3 is 14.8 Å². The number of benzene rings is 3. The van der Waals surface area contributed by atoms with Crippen molar-refractivity contribution < 1.29 is 22.7 Å². The molecule has 3 rings (SSSR count). The number of para-hydroxylation sites is 2. The Kier molecular flexibility index (Phi) is 7.40. The van der Waals surface area contributed by atoms with Gasteiger partial charge in [0.05, 0.1) is 19.1 Å². The minimum absolute atomic E-state index is 0.288. The predicted molar refractivity (Wildman–Crippen MR) is 125 cm³/mol. The van der Waals surface area contributed by atoms with E-state index >= 15 is 0 Å². The monoisotopic (exact) mass is 474 g/mol. The number of ether oxygens (including phenoxy) is 2. The first-order valence-corrected chi connectivity index (χ1v) is 11.8. The summed E-state index contributed by atoms with van der Waals surface area (Å²) >= 11 is 6.16. The second-order valence-electron chi connectivity index (χ2n) is 6.98. The summed E-state index contributed by atoms with van der Waals surface area (Å²) in [7, 11) is -0.781. The van der Waals surface area contributed by atoms with Crippen LogP contribution < -0.4 is 14.8 Å². The fourth-order valence-corrected chi connectivity index (χ4v) is 3.84. The van der Waals surface area contributed by atoms with Crippen molar-refractivity contribution in [3.05, 3.63) is 83.4 Å². The summed E-state index contributed by atoms with van der Waals surface area (Å²) in [5.74, 6) is 0.719. The molecule has 1 atom stereocenters. The van der Waals surface area contributed by atoms with E-state index < -0.39 is 22.0 Å². The van der Waals surface area contributed by atoms with Crippen LogP contribution in [0.5, 0.6) is 17.2 Å². The summed E-state index contributed by atoms with van der Waals surface area (Å²) in [6, 6.07) is 19.4. The number of hydrogen-bond acceptors (Lipinski definition) is 5. The molecule has 0 aliphatic heterocycles. The van der Waals surface area contributed by atoms with E-state index in [1.165, 1.54) is 20.2 Å². The molecule has 1 amide bonds. The zero-order valence-corrected chi connectivity index (χ0v) is 19.4. The number of sulfonamides is 1. The molecular weight excluding hydrogens is 452 g/mol. The first-order valence-electron chi connectivity index (χ1n) is 9.60. The number of methoxy groups -OCH3 is 1. The molecule has 1 unspecified atom stereocenters. The molecule has 0 spiro atoms. The zero-order valence-electron chi connectivity index (χ0n) is 17.8. The lowest BCUT2D eigenvalue weighted by Gasteiger charge is -2.26. The van der Waals surface area contributed by atoms with Crippen molar-refractivity contribution in [3.63, 3.8) is 0 Å². The molecule has 0 radical (unpaired) electrons. The van der Waals surface area contributed by atoms with Crippen LogP contribution in [-0.2, 0) is 14.8 Å². The van der Waals surface area contributed by atoms with Gasteiger partial charge in [0.25, 0.3) is 0 Å². The van der Waals surface area contributed by atoms with Gasteiger partial charge in [-0.1, -0.05) is 54.1 Å². The van der Waals surface area contributed by atoms with Gasteiger partial charge in [-0.3, -0.25) is 4.79 Å². The smallest absolute Gasteiger partial charge is 0.247 e. The third-order valence-corrected chi connectivity index (χ3v) is 6.23. The van der Waals surface area contributed by atoms with Gasteiger partial charge in [0.15, 0.2) is 17.2 Å². The minimum Gasteiger partial charge on any atom is -0.493 e. The number of carbonyl (C=O) groups is 1. The highest BCUT2D eigenvalue weighted by molar-refractivity contribution is 7.88. The molecule has 168 valence electrons. The number of amides is 1. The van der Waals surface area contributed by atoms with Crippen LogP contribution in [0.25, 0.3) is 0 Å². The molecule has 3 aromatic rings. The summed E-state index contributed by atoms with van der Waals surface area (Å²) in [5, 5.41) is 3.14. The molecule has 0 heterocycles. The number of nitrogens with one attached hydrogen (secondary N) is 1. The van der Waals surface area contributed by atoms with E-state index in [-0.39, 0.29) is 5.69 Å². The highest BCUT2D eigenvalue weighted by Gasteiger charge is 2.31. The average Bonchev–Trinajstić information content (AvgIpc) is 2.76. The van der Waals surface area contributed by atoms with Gasteiger partial charge in [0.1, 0.15) is 6.04 Å². The highest BCUT2D eigenvalue weighted by atomic mass is 35.5. The van der Waals surface area contributed by atoms with Gasteiger partial charge in [0.2, 0.25) is 15.9 Å². The lowest BCUT2D eigenvalue weighted by Crippen LogP contribution is -2.38. The third-order valence-electron chi connectivity index (χ3n) is 4.74. The second-order valence-corrected chi connectivity index (χ2v) is 9.45. The van der Waals surface area contributed by atoms with Gasteiger partial charge in [-0.05, 0) is 35.9 Å². The summed E-state index contributed by atoms with van der Waals surface area (Å²) in [5.41, 5.74) is 0.809. The SMILES string of the molecule is COc1ccccc1Oc1ccc(Cl)cc1NC(=O)C(c1ccccc1)N(C)S(C)(=O)=O. The number of nitrogens with zero attached hydrogens (tertiary/aromatic N) is 1. The van der Waals surface area contributed by atoms with Crippen molar-refractivity contribution in [1.29, 1.82) is 0 Å². The summed E-state index contributed by atoms with van der Waals surface area (Å²) in [6.07, 6.45) is 1.05. The van der Waals surface area contributed by atoms with Crippen molar-refractivity contribution >= 4 is 33.2 Å². The summed E-state index contributed by atoms with van der Waals surface area (Å²) < 4.78 is 36.7. The van der Waals surface area contributed by atoms with Crippen molar-refractivity contribution in [2.75, 3.05) is 25.7 Å². The van der Waals surface area contributed by atoms with Crippen LogP contribution in [-0.4, -0.2) is 39.0 Å². The van der Waals surface area contributed by atoms with Crippen molar-refractivity contribution in [1.82, 2.24) is 4.31 Å². The Bertz CT molecular complexity index is 1200. The molecule has 7 nitrogen and oxygen atoms in total. The number of anilines is 1. The Morgan fingerprint density at radius 3 is 2.22 bits per heavy atom. The molecular formula is C23H23ClN2O5S. The number of hydrogen-bond donors (Lipinski definition) is 1. The van der Waals surface area contributed by atoms with E-state index in [1.807, 2.05) is 6.07 Å². The van der Waals surface area contributed by atoms with Crippen LogP contribution in [0.2, 0.25) is 5.02 Å². The molecule has 0 bridgehead atoms. The van der Waals surface area contributed by atoms with E-state index in [4.69, 9.17) is 21.1 Å². The number of halogens is 1. The molecule has 3 aromatic carbocycles. The van der Waals surface area contributed by atoms with Crippen LogP contribution >= 0.6 is 11.6 Å². The largest absolute Gasteiger partial charge is 0.493 e. The van der Waals surface area contributed by atoms with Crippen LogP contribution in [0.1, 0.15) is 11.6 Å². The van der Waals surface area contributed by atoms with E-state index in [0.717, 1.165) is 10.6 Å². The van der Waals surface area contributed by atoms with Crippen LogP contribution in [0, 0.1) is 0 Å². The second kappa shape index (κ2) is 10.0. The minimum atomic E-state index is -3.66. The van der Waals surface area contributed by atoms with Gasteiger partial charge >= 0.3 is 0 Å². The quantitative estimate of drug-likeness (QED) is 0.511. The fourth-order valence-electron chi connectivity index (χ4n) is 3.06. The van der Waals surface area contributed by atoms with Crippen molar-refractivity contribution in [2.24, 2.45) is 0 Å². The maximum Gasteiger partial charge on any atom is 0.247 e. The Labute approximate surface area is 192 Å². The molecule has 0 aliphatic carbocycles. The summed E-state index contributed by atoms with van der Waals surface area (Å²) in [4.78, 5) is 13.3. The van der Waals surface area contributed by atoms with E-state index in [0.29, 0.717) is 27.8 Å². The number of rotatable bonds is 8. The molecule has 0 fully saturated rings. The topological polar surface area (TPSA) is 84.9 Å². The van der Waals surface area contributed by atoms with Gasteiger partial charge in [-0.15, -0.1) is 0 Å². The zero-order chi connectivity index (χ0) is 23.3. The number of likely N-dealkylation sites (N-methyl/N-ethyl adjacent to an activating group) is 1. The van der Waals surface area contributed by atoms with Gasteiger partial charge in [-0.25, -0.2) is 8.42 Å². The van der Waals surface area contributed by atoms with E-state index in [2.05, 4.69) is 5.32 Å². The lowest BCUT2D eigenvalue weighted by molar-refractivity contribution is -0.119. The van der Waals surface area contributed by atoms with E-state index in [1.54, 1.807) is 60.7 Å². The molecule has 0 aromatic heterocycles. The molecule has 1 N–H and O–H groups in total. The molecule has 32 heavy (non-hydrogen) atoms. The Morgan fingerprint density at radius 2 is 1.59 bits per heavy atom. The van der Waals surface area contributed by atoms with Crippen LogP contribution in [0.15, 0.2) is 72.8 Å². The maximum atomic E-state index is 13.3. The van der Waals surface area contributed by atoms with Gasteiger partial charge in [0, 0.05) is 12.1 Å². The van der Waals surface area contributed by atoms with Gasteiger partial charge in [-0.2, -0.15) is 4.31 Å². The normalized spacial score (nSPS) is 12.3. The van der Waals surface area contributed by atoms with Crippen molar-refractivity contribution in [2.45, 2.75) is 6.04 Å². The maximum absolute atomic E-state index is 13.3. The first kappa shape index (κ1) is 23.6. The van der Waals surface area contributed by atoms with Crippen LogP contribution in [0.3, 0.4) is 0 Å². The fraction of sp³-hybridized carbons (Fsp3) is 0.174. The Morgan fingerprint density at radius 1 is 0.969 bits per heavy atom. The first-order chi connectivity index (χ1) is 15.2. The molecule has 0 aliphatic rings. The van der Waals surface area contributed by atoms with Crippen molar-refractivity contribution in [3.8, 4) is 17.2 Å². The van der Waals surface area contributed by atoms with E-state index in [9.17, 15) is 13.2 Å². The summed E-state index contributed by atoms with van der Waals surface area (Å²) in [6.45, 7) is 0. The predicted octanol–water partition coefficient (Wildman–Crippen LogP) is 4.71. The molecule has 9 heteroatoms. The average molecular weight is 475 g/mol. The standard InChI is InChI=1S/C23H23ClN2O5S/c1-26(32(3,28)29)22(16-9-5-4-6-10-16)23(27)25-18-15-17(24)13-14-19(18)31-21-12-8-7-11-20(21)30-2/h4-15,22H,1-3H3,(H,25,27). The number of carbonyl (C=O) groups excluding carboxylic acids is 1. The lowest BCUT2D eigenvalue weighted by atomic mass is 10.1. The third kappa shape index (κ3) is 5.59. The Hall–Kier alpha value is -3.07. The van der Waals surface area contributed by atoms with Crippen LogP contribution in [0.4, 0.5) is 5.69 Å². The highest BCUT2D eigenvalue weighted by Crippen LogP contribution is 2.37. The molecule has 0 saturated heterocycles. The molecule has 0 saturated carbocycles. The Balaban J connectivity index is 1.97.